The molecule has 0 saturated carbocycles. The molecule has 0 aliphatic carbocycles. The van der Waals surface area contributed by atoms with Crippen molar-refractivity contribution in [2.45, 2.75) is 52.2 Å². The molecule has 196 valence electrons. The summed E-state index contributed by atoms with van der Waals surface area (Å²) in [6.45, 7) is 10.7. The highest BCUT2D eigenvalue weighted by molar-refractivity contribution is 5.67. The van der Waals surface area contributed by atoms with Gasteiger partial charge in [-0.3, -0.25) is 4.90 Å². The van der Waals surface area contributed by atoms with Gasteiger partial charge in [-0.1, -0.05) is 6.07 Å². The summed E-state index contributed by atoms with van der Waals surface area (Å²) in [5.74, 6) is 0.314. The fraction of sp³-hybridized carbons (Fsp3) is 0.577. The van der Waals surface area contributed by atoms with Crippen molar-refractivity contribution in [3.05, 3.63) is 41.5 Å². The van der Waals surface area contributed by atoms with Crippen LogP contribution in [-0.2, 0) is 15.9 Å². The molecular formula is C26H35FN4O5. The summed E-state index contributed by atoms with van der Waals surface area (Å²) in [5.41, 5.74) is 1.51. The van der Waals surface area contributed by atoms with E-state index in [2.05, 4.69) is 14.9 Å². The van der Waals surface area contributed by atoms with E-state index in [4.69, 9.17) is 18.9 Å². The Morgan fingerprint density at radius 2 is 1.86 bits per heavy atom. The number of hydrogen-bond acceptors (Lipinski definition) is 8. The van der Waals surface area contributed by atoms with Crippen LogP contribution in [0.3, 0.4) is 0 Å². The first-order valence-electron chi connectivity index (χ1n) is 12.6. The molecule has 3 heterocycles. The van der Waals surface area contributed by atoms with Crippen molar-refractivity contribution in [1.29, 1.82) is 0 Å². The van der Waals surface area contributed by atoms with Crippen LogP contribution in [0.15, 0.2) is 24.5 Å². The van der Waals surface area contributed by atoms with Gasteiger partial charge in [-0.15, -0.1) is 0 Å². The number of amides is 1. The maximum Gasteiger partial charge on any atom is 0.410 e. The Morgan fingerprint density at radius 1 is 1.14 bits per heavy atom. The Morgan fingerprint density at radius 3 is 2.56 bits per heavy atom. The van der Waals surface area contributed by atoms with Crippen molar-refractivity contribution in [2.75, 3.05) is 45.9 Å². The molecule has 4 rings (SSSR count). The first-order chi connectivity index (χ1) is 17.4. The van der Waals surface area contributed by atoms with Crippen LogP contribution in [-0.4, -0.2) is 84.0 Å². The van der Waals surface area contributed by atoms with Crippen molar-refractivity contribution in [3.8, 4) is 17.5 Å². The van der Waals surface area contributed by atoms with E-state index >= 15 is 0 Å². The van der Waals surface area contributed by atoms with Crippen LogP contribution in [0, 0.1) is 12.7 Å². The number of nitrogens with zero attached hydrogens (tertiary/aromatic N) is 4. The number of morpholine rings is 1. The molecule has 2 fully saturated rings. The summed E-state index contributed by atoms with van der Waals surface area (Å²) >= 11 is 0. The molecule has 9 nitrogen and oxygen atoms in total. The third-order valence-electron chi connectivity index (χ3n) is 6.33. The number of ether oxygens (including phenoxy) is 4. The lowest BCUT2D eigenvalue weighted by atomic mass is 10.1. The van der Waals surface area contributed by atoms with Crippen molar-refractivity contribution in [2.24, 2.45) is 0 Å². The van der Waals surface area contributed by atoms with Crippen LogP contribution >= 0.6 is 0 Å². The van der Waals surface area contributed by atoms with Crippen molar-refractivity contribution in [1.82, 2.24) is 19.8 Å². The van der Waals surface area contributed by atoms with Crippen LogP contribution in [0.5, 0.6) is 17.5 Å². The van der Waals surface area contributed by atoms with Crippen molar-refractivity contribution < 1.29 is 28.1 Å². The number of benzene rings is 1. The Hall–Kier alpha value is -2.98. The molecule has 0 bridgehead atoms. The molecule has 10 heteroatoms. The first-order valence-corrected chi connectivity index (χ1v) is 12.6. The minimum atomic E-state index is -0.435. The number of halogens is 1. The number of carbonyl (C=O) groups excluding carboxylic acids is 1. The third-order valence-corrected chi connectivity index (χ3v) is 6.33. The van der Waals surface area contributed by atoms with E-state index in [9.17, 15) is 9.18 Å². The molecule has 2 saturated heterocycles. The largest absolute Gasteiger partial charge is 0.474 e. The van der Waals surface area contributed by atoms with Gasteiger partial charge in [0, 0.05) is 45.6 Å². The van der Waals surface area contributed by atoms with Gasteiger partial charge in [-0.2, -0.15) is 0 Å². The predicted molar refractivity (Wildman–Crippen MR) is 131 cm³/mol. The summed E-state index contributed by atoms with van der Waals surface area (Å²) in [6, 6.07) is 5.03. The van der Waals surface area contributed by atoms with Gasteiger partial charge in [-0.05, 0) is 44.9 Å². The molecule has 0 N–H and O–H groups in total. The van der Waals surface area contributed by atoms with Crippen LogP contribution in [0.2, 0.25) is 0 Å². The van der Waals surface area contributed by atoms with Gasteiger partial charge in [0.25, 0.3) is 0 Å². The van der Waals surface area contributed by atoms with Gasteiger partial charge in [-0.25, -0.2) is 19.2 Å². The summed E-state index contributed by atoms with van der Waals surface area (Å²) in [7, 11) is 0. The van der Waals surface area contributed by atoms with Crippen LogP contribution in [0.1, 0.15) is 37.8 Å². The molecule has 2 aliphatic rings. The molecule has 0 atom stereocenters. The SMILES string of the molecule is Cc1c(Oc2ccc(CCN3CCOCC3)cc2F)ncnc1OC1CCN(C(=O)OC(C)C)CC1. The highest BCUT2D eigenvalue weighted by atomic mass is 19.1. The van der Waals surface area contributed by atoms with Crippen LogP contribution < -0.4 is 9.47 Å². The zero-order chi connectivity index (χ0) is 25.5. The fourth-order valence-electron chi connectivity index (χ4n) is 4.23. The zero-order valence-electron chi connectivity index (χ0n) is 21.2. The molecule has 1 aromatic heterocycles. The van der Waals surface area contributed by atoms with E-state index in [1.807, 2.05) is 19.9 Å². The zero-order valence-corrected chi connectivity index (χ0v) is 21.2. The molecule has 2 aromatic rings. The normalized spacial score (nSPS) is 17.3. The Kier molecular flexibility index (Phi) is 8.93. The number of rotatable bonds is 8. The summed E-state index contributed by atoms with van der Waals surface area (Å²) in [4.78, 5) is 24.5. The molecule has 0 radical (unpaired) electrons. The van der Waals surface area contributed by atoms with Gasteiger partial charge < -0.3 is 23.8 Å². The molecular weight excluding hydrogens is 467 g/mol. The Bertz CT molecular complexity index is 1020. The average Bonchev–Trinajstić information content (AvgIpc) is 2.87. The smallest absolute Gasteiger partial charge is 0.410 e. The lowest BCUT2D eigenvalue weighted by Gasteiger charge is -2.31. The number of piperidine rings is 1. The molecule has 2 aliphatic heterocycles. The van der Waals surface area contributed by atoms with E-state index in [1.54, 1.807) is 17.9 Å². The highest BCUT2D eigenvalue weighted by Gasteiger charge is 2.26. The van der Waals surface area contributed by atoms with Crippen LogP contribution in [0.4, 0.5) is 9.18 Å². The number of hydrogen-bond donors (Lipinski definition) is 0. The Balaban J connectivity index is 1.32. The second-order valence-electron chi connectivity index (χ2n) is 9.42. The third kappa shape index (κ3) is 7.04. The van der Waals surface area contributed by atoms with Gasteiger partial charge in [0.2, 0.25) is 11.8 Å². The molecule has 1 aromatic carbocycles. The first kappa shape index (κ1) is 26.1. The maximum absolute atomic E-state index is 14.8. The maximum atomic E-state index is 14.8. The second-order valence-corrected chi connectivity index (χ2v) is 9.42. The van der Waals surface area contributed by atoms with E-state index < -0.39 is 5.82 Å². The highest BCUT2D eigenvalue weighted by Crippen LogP contribution is 2.31. The molecule has 0 unspecified atom stereocenters. The Labute approximate surface area is 211 Å². The average molecular weight is 503 g/mol. The fourth-order valence-corrected chi connectivity index (χ4v) is 4.23. The monoisotopic (exact) mass is 502 g/mol. The second kappa shape index (κ2) is 12.3. The van der Waals surface area contributed by atoms with Gasteiger partial charge in [0.1, 0.15) is 12.4 Å². The van der Waals surface area contributed by atoms with E-state index in [1.165, 1.54) is 12.4 Å². The van der Waals surface area contributed by atoms with E-state index in [0.717, 1.165) is 44.8 Å². The van der Waals surface area contributed by atoms with Crippen molar-refractivity contribution >= 4 is 6.09 Å². The number of likely N-dealkylation sites (tertiary alicyclic amines) is 1. The summed E-state index contributed by atoms with van der Waals surface area (Å²) in [5, 5.41) is 0. The minimum absolute atomic E-state index is 0.1000. The lowest BCUT2D eigenvalue weighted by molar-refractivity contribution is 0.0384. The summed E-state index contributed by atoms with van der Waals surface area (Å²) < 4.78 is 37.3. The van der Waals surface area contributed by atoms with Gasteiger partial charge >= 0.3 is 6.09 Å². The number of aromatic nitrogens is 2. The molecule has 0 spiro atoms. The quantitative estimate of drug-likeness (QED) is 0.536. The molecule has 1 amide bonds. The van der Waals surface area contributed by atoms with Gasteiger partial charge in [0.15, 0.2) is 11.6 Å². The van der Waals surface area contributed by atoms with E-state index in [-0.39, 0.29) is 29.9 Å². The number of carbonyl (C=O) groups is 1. The summed E-state index contributed by atoms with van der Waals surface area (Å²) in [6.07, 6.45) is 2.88. The van der Waals surface area contributed by atoms with E-state index in [0.29, 0.717) is 37.4 Å². The lowest BCUT2D eigenvalue weighted by Crippen LogP contribution is -2.42. The predicted octanol–water partition coefficient (Wildman–Crippen LogP) is 3.98. The van der Waals surface area contributed by atoms with Crippen molar-refractivity contribution in [3.63, 3.8) is 0 Å². The van der Waals surface area contributed by atoms with Crippen LogP contribution in [0.25, 0.3) is 0 Å². The topological polar surface area (TPSA) is 86.3 Å². The standard InChI is InChI=1S/C26H35FN4O5/c1-18(2)34-26(32)31-10-7-21(8-11-31)35-24-19(3)25(29-17-28-24)36-23-5-4-20(16-22(23)27)6-9-30-12-14-33-15-13-30/h4-5,16-18,21H,6-15H2,1-3H3. The molecule has 36 heavy (non-hydrogen) atoms. The minimum Gasteiger partial charge on any atom is -0.474 e. The van der Waals surface area contributed by atoms with Gasteiger partial charge in [0.05, 0.1) is 24.9 Å².